The second-order valence-electron chi connectivity index (χ2n) is 9.81. The highest BCUT2D eigenvalue weighted by Crippen LogP contribution is 2.15. The van der Waals surface area contributed by atoms with Gasteiger partial charge in [0.2, 0.25) is 5.84 Å². The predicted molar refractivity (Wildman–Crippen MR) is 132 cm³/mol. The minimum atomic E-state index is 0. The van der Waals surface area contributed by atoms with E-state index in [-0.39, 0.29) is 12.4 Å². The summed E-state index contributed by atoms with van der Waals surface area (Å²) < 4.78 is 2.54. The summed E-state index contributed by atoms with van der Waals surface area (Å²) in [5.74, 6) is 2.36. The molecule has 1 aromatic rings. The highest BCUT2D eigenvalue weighted by Gasteiger charge is 2.20. The van der Waals surface area contributed by atoms with Crippen LogP contribution in [-0.4, -0.2) is 23.5 Å². The van der Waals surface area contributed by atoms with Gasteiger partial charge >= 0.3 is 0 Å². The molecular weight excluding hydrogens is 400 g/mol. The molecule has 0 radical (unpaired) electrons. The molecule has 1 aliphatic rings. The third-order valence-corrected chi connectivity index (χ3v) is 6.50. The van der Waals surface area contributed by atoms with E-state index in [4.69, 9.17) is 0 Å². The van der Waals surface area contributed by atoms with Crippen LogP contribution in [0.1, 0.15) is 116 Å². The first-order valence-electron chi connectivity index (χ1n) is 13.1. The lowest BCUT2D eigenvalue weighted by Gasteiger charge is -2.06. The van der Waals surface area contributed by atoms with Crippen LogP contribution in [0.25, 0.3) is 0 Å². The third-order valence-electron chi connectivity index (χ3n) is 6.50. The molecule has 0 fully saturated rings. The van der Waals surface area contributed by atoms with Gasteiger partial charge in [0.05, 0.1) is 0 Å². The monoisotopic (exact) mass is 448 g/mol. The molecule has 1 aliphatic heterocycles. The van der Waals surface area contributed by atoms with Crippen molar-refractivity contribution in [3.8, 4) is 0 Å². The number of benzene rings is 1. The lowest BCUT2D eigenvalue weighted by Crippen LogP contribution is -3.00. The lowest BCUT2D eigenvalue weighted by atomic mass is 10.0. The van der Waals surface area contributed by atoms with Crippen LogP contribution in [0.15, 0.2) is 30.3 Å². The number of hydrogen-bond donors (Lipinski definition) is 1. The number of halogens is 1. The quantitative estimate of drug-likeness (QED) is 0.254. The summed E-state index contributed by atoms with van der Waals surface area (Å²) in [7, 11) is 0. The van der Waals surface area contributed by atoms with Gasteiger partial charge < -0.3 is 12.4 Å². The van der Waals surface area contributed by atoms with Crippen LogP contribution >= 0.6 is 0 Å². The maximum Gasteiger partial charge on any atom is 0.245 e. The Morgan fingerprint density at radius 2 is 1.26 bits per heavy atom. The summed E-state index contributed by atoms with van der Waals surface area (Å²) in [6, 6.07) is 10.9. The summed E-state index contributed by atoms with van der Waals surface area (Å²) in [5.41, 5.74) is 1.42. The molecule has 0 unspecified atom stereocenters. The summed E-state index contributed by atoms with van der Waals surface area (Å²) in [6.07, 6.45) is 21.3. The summed E-state index contributed by atoms with van der Waals surface area (Å²) >= 11 is 0. The molecule has 0 atom stereocenters. The molecule has 0 spiro atoms. The molecule has 0 saturated carbocycles. The molecule has 2 rings (SSSR count). The number of rotatable bonds is 18. The van der Waals surface area contributed by atoms with Crippen LogP contribution in [0.5, 0.6) is 0 Å². The highest BCUT2D eigenvalue weighted by molar-refractivity contribution is 5.78. The molecule has 0 amide bonds. The van der Waals surface area contributed by atoms with Gasteiger partial charge in [0.25, 0.3) is 0 Å². The lowest BCUT2D eigenvalue weighted by molar-refractivity contribution is -0.535. The van der Waals surface area contributed by atoms with Gasteiger partial charge in [-0.3, -0.25) is 9.89 Å². The van der Waals surface area contributed by atoms with Crippen molar-refractivity contribution in [1.82, 2.24) is 5.32 Å². The molecule has 0 saturated heterocycles. The highest BCUT2D eigenvalue weighted by atomic mass is 35.5. The van der Waals surface area contributed by atoms with Crippen LogP contribution < -0.4 is 17.7 Å². The molecule has 0 bridgehead atoms. The van der Waals surface area contributed by atoms with Gasteiger partial charge in [-0.15, -0.1) is 0 Å². The maximum absolute atomic E-state index is 3.62. The normalized spacial score (nSPS) is 13.5. The van der Waals surface area contributed by atoms with Crippen molar-refractivity contribution < 1.29 is 17.0 Å². The SMILES string of the molecule is CC(C)CCCCCCCCCCCCCCCC1=[N+](Cc2ccccc2)CCN1.[Cl-]. The van der Waals surface area contributed by atoms with Crippen LogP contribution in [0.3, 0.4) is 0 Å². The molecule has 1 aromatic carbocycles. The van der Waals surface area contributed by atoms with Gasteiger partial charge in [-0.25, -0.2) is 0 Å². The minimum Gasteiger partial charge on any atom is -1.00 e. The van der Waals surface area contributed by atoms with Gasteiger partial charge in [0, 0.05) is 6.42 Å². The van der Waals surface area contributed by atoms with Crippen LogP contribution in [0.2, 0.25) is 0 Å². The number of unbranched alkanes of at least 4 members (excludes halogenated alkanes) is 12. The Kier molecular flexibility index (Phi) is 16.8. The number of nitrogens with one attached hydrogen (secondary N) is 1. The van der Waals surface area contributed by atoms with Gasteiger partial charge in [0.1, 0.15) is 19.6 Å². The average molecular weight is 449 g/mol. The van der Waals surface area contributed by atoms with Gasteiger partial charge in [0.15, 0.2) is 0 Å². The van der Waals surface area contributed by atoms with Crippen molar-refractivity contribution in [1.29, 1.82) is 0 Å². The van der Waals surface area contributed by atoms with E-state index >= 15 is 0 Å². The second-order valence-corrected chi connectivity index (χ2v) is 9.81. The zero-order valence-corrected chi connectivity index (χ0v) is 21.3. The summed E-state index contributed by atoms with van der Waals surface area (Å²) in [6.45, 7) is 8.00. The Morgan fingerprint density at radius 3 is 1.81 bits per heavy atom. The molecule has 1 heterocycles. The first-order chi connectivity index (χ1) is 14.8. The Balaban J connectivity index is 0.00000480. The van der Waals surface area contributed by atoms with E-state index in [2.05, 4.69) is 54.1 Å². The smallest absolute Gasteiger partial charge is 0.245 e. The largest absolute Gasteiger partial charge is 1.00 e. The average Bonchev–Trinajstić information content (AvgIpc) is 3.18. The predicted octanol–water partition coefficient (Wildman–Crippen LogP) is 4.71. The Morgan fingerprint density at radius 1 is 0.742 bits per heavy atom. The van der Waals surface area contributed by atoms with Crippen molar-refractivity contribution in [2.24, 2.45) is 5.92 Å². The molecule has 31 heavy (non-hydrogen) atoms. The van der Waals surface area contributed by atoms with E-state index in [1.54, 1.807) is 0 Å². The fraction of sp³-hybridized carbons (Fsp3) is 0.750. The van der Waals surface area contributed by atoms with E-state index in [1.807, 2.05) is 0 Å². The molecular formula is C28H49ClN2. The summed E-state index contributed by atoms with van der Waals surface area (Å²) in [4.78, 5) is 0. The Hall–Kier alpha value is -1.02. The van der Waals surface area contributed by atoms with E-state index < -0.39 is 0 Å². The molecule has 2 nitrogen and oxygen atoms in total. The van der Waals surface area contributed by atoms with Crippen molar-refractivity contribution in [3.63, 3.8) is 0 Å². The zero-order chi connectivity index (χ0) is 21.3. The Labute approximate surface area is 199 Å². The van der Waals surface area contributed by atoms with E-state index in [0.717, 1.165) is 25.6 Å². The topological polar surface area (TPSA) is 15.0 Å². The van der Waals surface area contributed by atoms with Crippen molar-refractivity contribution in [2.45, 2.75) is 117 Å². The first kappa shape index (κ1) is 28.0. The fourth-order valence-electron chi connectivity index (χ4n) is 4.60. The van der Waals surface area contributed by atoms with Crippen LogP contribution in [-0.2, 0) is 6.54 Å². The molecule has 178 valence electrons. The number of hydrogen-bond acceptors (Lipinski definition) is 1. The Bertz CT molecular complexity index is 568. The summed E-state index contributed by atoms with van der Waals surface area (Å²) in [5, 5.41) is 3.62. The molecule has 0 aliphatic carbocycles. The van der Waals surface area contributed by atoms with E-state index in [1.165, 1.54) is 108 Å². The van der Waals surface area contributed by atoms with Crippen LogP contribution in [0.4, 0.5) is 0 Å². The van der Waals surface area contributed by atoms with Gasteiger partial charge in [-0.1, -0.05) is 128 Å². The fourth-order valence-corrected chi connectivity index (χ4v) is 4.60. The van der Waals surface area contributed by atoms with Gasteiger partial charge in [-0.05, 0) is 17.9 Å². The molecule has 0 aromatic heterocycles. The first-order valence-corrected chi connectivity index (χ1v) is 13.1. The minimum absolute atomic E-state index is 0. The van der Waals surface area contributed by atoms with E-state index in [0.29, 0.717) is 0 Å². The van der Waals surface area contributed by atoms with Crippen molar-refractivity contribution in [2.75, 3.05) is 13.1 Å². The zero-order valence-electron chi connectivity index (χ0n) is 20.5. The molecule has 3 heteroatoms. The van der Waals surface area contributed by atoms with E-state index in [9.17, 15) is 0 Å². The third kappa shape index (κ3) is 13.9. The van der Waals surface area contributed by atoms with Gasteiger partial charge in [-0.2, -0.15) is 0 Å². The standard InChI is InChI=1S/C28H48N2.ClH/c1-26(2)19-15-12-10-8-6-4-3-5-7-9-11-13-18-22-28-29-23-24-30(28)25-27-20-16-14-17-21-27;/h14,16-17,20-21,26H,3-13,15,18-19,22-25H2,1-2H3;1H. The van der Waals surface area contributed by atoms with Crippen molar-refractivity contribution >= 4 is 5.84 Å². The second kappa shape index (κ2) is 18.5. The number of nitrogens with zero attached hydrogens (tertiary/aromatic N) is 1. The maximum atomic E-state index is 3.62. The van der Waals surface area contributed by atoms with Crippen molar-refractivity contribution in [3.05, 3.63) is 35.9 Å². The van der Waals surface area contributed by atoms with Crippen LogP contribution in [0, 0.1) is 5.92 Å². The molecule has 1 N–H and O–H groups in total. The number of amidine groups is 1.